The Morgan fingerprint density at radius 1 is 1.12 bits per heavy atom. The number of hydrazone groups is 1. The third kappa shape index (κ3) is 8.81. The highest BCUT2D eigenvalue weighted by molar-refractivity contribution is 6.35. The van der Waals surface area contributed by atoms with Crippen molar-refractivity contribution in [2.45, 2.75) is 46.2 Å². The summed E-state index contributed by atoms with van der Waals surface area (Å²) >= 11 is 0. The molecule has 142 valence electrons. The first kappa shape index (κ1) is 21.1. The smallest absolute Gasteiger partial charge is 0.329 e. The second-order valence-electron chi connectivity index (χ2n) is 6.98. The van der Waals surface area contributed by atoms with Crippen LogP contribution in [0, 0.1) is 0 Å². The minimum absolute atomic E-state index is 0.0605. The van der Waals surface area contributed by atoms with Crippen molar-refractivity contribution in [3.8, 4) is 5.75 Å². The van der Waals surface area contributed by atoms with Crippen molar-refractivity contribution < 1.29 is 19.1 Å². The van der Waals surface area contributed by atoms with Gasteiger partial charge in [0.15, 0.2) is 6.61 Å². The van der Waals surface area contributed by atoms with Gasteiger partial charge in [-0.2, -0.15) is 5.10 Å². The van der Waals surface area contributed by atoms with Crippen molar-refractivity contribution in [2.24, 2.45) is 5.10 Å². The van der Waals surface area contributed by atoms with E-state index in [-0.39, 0.29) is 18.6 Å². The van der Waals surface area contributed by atoms with Crippen LogP contribution in [-0.4, -0.2) is 42.1 Å². The van der Waals surface area contributed by atoms with Crippen LogP contribution in [0.15, 0.2) is 29.4 Å². The lowest BCUT2D eigenvalue weighted by Crippen LogP contribution is -2.47. The van der Waals surface area contributed by atoms with Crippen LogP contribution in [0.4, 0.5) is 0 Å². The molecule has 0 saturated carbocycles. The number of carbonyl (C=O) groups excluding carboxylic acids is 3. The zero-order chi connectivity index (χ0) is 19.7. The summed E-state index contributed by atoms with van der Waals surface area (Å²) in [7, 11) is 0. The monoisotopic (exact) mass is 362 g/mol. The molecule has 0 radical (unpaired) electrons. The average Bonchev–Trinajstić information content (AvgIpc) is 2.51. The first-order valence-electron chi connectivity index (χ1n) is 8.24. The molecule has 3 N–H and O–H groups in total. The highest BCUT2D eigenvalue weighted by atomic mass is 16.5. The second kappa shape index (κ2) is 9.55. The highest BCUT2D eigenvalue weighted by Crippen LogP contribution is 2.10. The molecule has 0 aliphatic heterocycles. The Morgan fingerprint density at radius 2 is 1.73 bits per heavy atom. The summed E-state index contributed by atoms with van der Waals surface area (Å²) in [4.78, 5) is 34.7. The molecule has 1 aromatic rings. The molecule has 0 spiro atoms. The van der Waals surface area contributed by atoms with Crippen molar-refractivity contribution in [1.29, 1.82) is 0 Å². The number of hydrogen-bond acceptors (Lipinski definition) is 5. The van der Waals surface area contributed by atoms with Crippen molar-refractivity contribution in [3.63, 3.8) is 0 Å². The molecule has 8 nitrogen and oxygen atoms in total. The van der Waals surface area contributed by atoms with E-state index in [9.17, 15) is 14.4 Å². The van der Waals surface area contributed by atoms with Gasteiger partial charge in [0, 0.05) is 11.6 Å². The van der Waals surface area contributed by atoms with Crippen LogP contribution in [0.1, 0.15) is 40.2 Å². The third-order valence-corrected chi connectivity index (χ3v) is 2.77. The molecular weight excluding hydrogens is 336 g/mol. The summed E-state index contributed by atoms with van der Waals surface area (Å²) in [6, 6.07) is 6.84. The van der Waals surface area contributed by atoms with Gasteiger partial charge in [-0.15, -0.1) is 0 Å². The molecule has 1 aromatic carbocycles. The van der Waals surface area contributed by atoms with Gasteiger partial charge in [-0.3, -0.25) is 14.4 Å². The van der Waals surface area contributed by atoms with Crippen molar-refractivity contribution >= 4 is 23.9 Å². The van der Waals surface area contributed by atoms with Gasteiger partial charge in [-0.25, -0.2) is 5.43 Å². The minimum atomic E-state index is -0.840. The Kier molecular flexibility index (Phi) is 7.77. The summed E-state index contributed by atoms with van der Waals surface area (Å²) in [5.74, 6) is -1.25. The van der Waals surface area contributed by atoms with E-state index in [1.165, 1.54) is 6.21 Å². The summed E-state index contributed by atoms with van der Waals surface area (Å²) in [6.07, 6.45) is 1.40. The van der Waals surface area contributed by atoms with Crippen LogP contribution >= 0.6 is 0 Å². The van der Waals surface area contributed by atoms with E-state index < -0.39 is 17.4 Å². The number of nitrogens with zero attached hydrogens (tertiary/aromatic N) is 1. The van der Waals surface area contributed by atoms with Gasteiger partial charge < -0.3 is 15.4 Å². The summed E-state index contributed by atoms with van der Waals surface area (Å²) in [5, 5.41) is 9.00. The standard InChI is InChI=1S/C18H26N4O4/c1-12(2)20-15(23)11-26-14-8-6-13(7-9-14)10-19-22-17(25)16(24)21-18(3,4)5/h6-10,12H,11H2,1-5H3,(H,20,23)(H,21,24)(H,22,25)/b19-10-. The Morgan fingerprint density at radius 3 is 2.27 bits per heavy atom. The van der Waals surface area contributed by atoms with Gasteiger partial charge in [-0.1, -0.05) is 0 Å². The number of nitrogens with one attached hydrogen (secondary N) is 3. The average molecular weight is 362 g/mol. The van der Waals surface area contributed by atoms with Crippen molar-refractivity contribution in [3.05, 3.63) is 29.8 Å². The topological polar surface area (TPSA) is 109 Å². The predicted octanol–water partition coefficient (Wildman–Crippen LogP) is 0.955. The third-order valence-electron chi connectivity index (χ3n) is 2.77. The maximum atomic E-state index is 11.6. The SMILES string of the molecule is CC(C)NC(=O)COc1ccc(/C=N\NC(=O)C(=O)NC(C)(C)C)cc1. The van der Waals surface area contributed by atoms with Crippen LogP contribution in [0.25, 0.3) is 0 Å². The van der Waals surface area contributed by atoms with E-state index in [0.29, 0.717) is 11.3 Å². The Hall–Kier alpha value is -2.90. The second-order valence-corrected chi connectivity index (χ2v) is 6.98. The van der Waals surface area contributed by atoms with Gasteiger partial charge in [0.1, 0.15) is 5.75 Å². The zero-order valence-corrected chi connectivity index (χ0v) is 15.8. The fourth-order valence-corrected chi connectivity index (χ4v) is 1.78. The molecule has 0 fully saturated rings. The highest BCUT2D eigenvalue weighted by Gasteiger charge is 2.19. The molecule has 0 aliphatic carbocycles. The number of hydrogen-bond donors (Lipinski definition) is 3. The van der Waals surface area contributed by atoms with Gasteiger partial charge >= 0.3 is 11.8 Å². The van der Waals surface area contributed by atoms with Crippen molar-refractivity contribution in [1.82, 2.24) is 16.1 Å². The molecule has 0 atom stereocenters. The zero-order valence-electron chi connectivity index (χ0n) is 15.8. The van der Waals surface area contributed by atoms with Crippen LogP contribution < -0.4 is 20.8 Å². The molecule has 0 bridgehead atoms. The van der Waals surface area contributed by atoms with E-state index in [1.807, 2.05) is 13.8 Å². The number of rotatable bonds is 6. The quantitative estimate of drug-likeness (QED) is 0.398. The lowest BCUT2D eigenvalue weighted by molar-refractivity contribution is -0.140. The fraction of sp³-hybridized carbons (Fsp3) is 0.444. The predicted molar refractivity (Wildman–Crippen MR) is 98.8 cm³/mol. The normalized spacial score (nSPS) is 11.3. The first-order valence-corrected chi connectivity index (χ1v) is 8.24. The van der Waals surface area contributed by atoms with Gasteiger partial charge in [0.2, 0.25) is 0 Å². The Balaban J connectivity index is 2.46. The lowest BCUT2D eigenvalue weighted by Gasteiger charge is -2.19. The van der Waals surface area contributed by atoms with Crippen molar-refractivity contribution in [2.75, 3.05) is 6.61 Å². The molecule has 1 rings (SSSR count). The molecule has 0 aromatic heterocycles. The van der Waals surface area contributed by atoms with Crippen LogP contribution in [0.5, 0.6) is 5.75 Å². The lowest BCUT2D eigenvalue weighted by atomic mass is 10.1. The van der Waals surface area contributed by atoms with Gasteiger partial charge in [0.25, 0.3) is 5.91 Å². The minimum Gasteiger partial charge on any atom is -0.484 e. The van der Waals surface area contributed by atoms with E-state index in [4.69, 9.17) is 4.74 Å². The largest absolute Gasteiger partial charge is 0.484 e. The maximum absolute atomic E-state index is 11.6. The van der Waals surface area contributed by atoms with Gasteiger partial charge in [-0.05, 0) is 64.4 Å². The summed E-state index contributed by atoms with van der Waals surface area (Å²) in [6.45, 7) is 9.01. The summed E-state index contributed by atoms with van der Waals surface area (Å²) < 4.78 is 5.37. The number of ether oxygens (including phenoxy) is 1. The Labute approximate surface area is 153 Å². The molecule has 0 aliphatic rings. The molecule has 26 heavy (non-hydrogen) atoms. The van der Waals surface area contributed by atoms with E-state index >= 15 is 0 Å². The fourth-order valence-electron chi connectivity index (χ4n) is 1.78. The number of carbonyl (C=O) groups is 3. The van der Waals surface area contributed by atoms with E-state index in [0.717, 1.165) is 0 Å². The first-order chi connectivity index (χ1) is 12.1. The van der Waals surface area contributed by atoms with Gasteiger partial charge in [0.05, 0.1) is 6.21 Å². The molecule has 8 heteroatoms. The maximum Gasteiger partial charge on any atom is 0.329 e. The Bertz CT molecular complexity index is 661. The van der Waals surface area contributed by atoms with Crippen LogP contribution in [0.3, 0.4) is 0 Å². The number of amides is 3. The van der Waals surface area contributed by atoms with E-state index in [1.54, 1.807) is 45.0 Å². The summed E-state index contributed by atoms with van der Waals surface area (Å²) in [5.41, 5.74) is 2.36. The molecule has 3 amide bonds. The van der Waals surface area contributed by atoms with E-state index in [2.05, 4.69) is 21.2 Å². The molecular formula is C18H26N4O4. The van der Waals surface area contributed by atoms with Crippen LogP contribution in [0.2, 0.25) is 0 Å². The molecule has 0 saturated heterocycles. The van der Waals surface area contributed by atoms with Crippen LogP contribution in [-0.2, 0) is 14.4 Å². The molecule has 0 heterocycles. The number of benzene rings is 1. The molecule has 0 unspecified atom stereocenters.